The van der Waals surface area contributed by atoms with E-state index in [9.17, 15) is 19.7 Å². The van der Waals surface area contributed by atoms with Gasteiger partial charge in [0.25, 0.3) is 5.69 Å². The van der Waals surface area contributed by atoms with Crippen LogP contribution in [0.15, 0.2) is 16.6 Å². The number of aromatic carboxylic acids is 1. The number of halogens is 2. The van der Waals surface area contributed by atoms with Gasteiger partial charge in [-0.05, 0) is 27.9 Å². The Labute approximate surface area is 136 Å². The molecule has 7 nitrogen and oxygen atoms in total. The second kappa shape index (κ2) is 6.10. The zero-order valence-corrected chi connectivity index (χ0v) is 13.8. The summed E-state index contributed by atoms with van der Waals surface area (Å²) in [7, 11) is 0. The summed E-state index contributed by atoms with van der Waals surface area (Å²) in [6.45, 7) is 0.357. The quantitative estimate of drug-likeness (QED) is 0.457. The minimum Gasteiger partial charge on any atom is -0.478 e. The van der Waals surface area contributed by atoms with E-state index in [-0.39, 0.29) is 27.5 Å². The molecule has 0 radical (unpaired) electrons. The van der Waals surface area contributed by atoms with Crippen molar-refractivity contribution >= 4 is 55.1 Å². The van der Waals surface area contributed by atoms with Gasteiger partial charge >= 0.3 is 5.97 Å². The molecule has 21 heavy (non-hydrogen) atoms. The van der Waals surface area contributed by atoms with Crippen LogP contribution in [0.4, 0.5) is 11.4 Å². The molecule has 0 bridgehead atoms. The number of hydrogen-bond donors (Lipinski definition) is 1. The molecule has 0 aliphatic carbocycles. The highest BCUT2D eigenvalue weighted by Gasteiger charge is 2.35. The maximum Gasteiger partial charge on any atom is 0.335 e. The number of nitrogens with zero attached hydrogens (tertiary/aromatic N) is 2. The maximum absolute atomic E-state index is 12.0. The van der Waals surface area contributed by atoms with E-state index >= 15 is 0 Å². The number of benzene rings is 1. The fraction of sp³-hybridized carbons (Fsp3) is 0.333. The number of alkyl halides is 1. The van der Waals surface area contributed by atoms with Crippen molar-refractivity contribution < 1.29 is 19.6 Å². The molecule has 1 fully saturated rings. The number of nitro groups is 1. The second-order valence-corrected chi connectivity index (χ2v) is 6.12. The molecule has 1 aliphatic rings. The standard InChI is InChI=1S/C12H10Br2N2O5/c13-4-6-1-10(17)15(5-6)11-8(14)2-7(12(18)19)3-9(11)16(20)21/h2-3,6H,1,4-5H2,(H,18,19). The lowest BCUT2D eigenvalue weighted by atomic mass is 10.1. The van der Waals surface area contributed by atoms with Gasteiger partial charge in [0.05, 0.1) is 10.5 Å². The molecular weight excluding hydrogens is 412 g/mol. The first-order valence-electron chi connectivity index (χ1n) is 5.92. The summed E-state index contributed by atoms with van der Waals surface area (Å²) in [4.78, 5) is 34.9. The Balaban J connectivity index is 2.55. The molecule has 1 aromatic rings. The van der Waals surface area contributed by atoms with Gasteiger partial charge in [-0.15, -0.1) is 0 Å². The van der Waals surface area contributed by atoms with Crippen LogP contribution in [0.25, 0.3) is 0 Å². The summed E-state index contributed by atoms with van der Waals surface area (Å²) >= 11 is 6.44. The number of carbonyl (C=O) groups excluding carboxylic acids is 1. The smallest absolute Gasteiger partial charge is 0.335 e. The molecule has 1 unspecified atom stereocenters. The average Bonchev–Trinajstić information content (AvgIpc) is 2.78. The predicted octanol–water partition coefficient (Wildman–Crippen LogP) is 2.80. The van der Waals surface area contributed by atoms with Crippen molar-refractivity contribution in [1.82, 2.24) is 0 Å². The van der Waals surface area contributed by atoms with Crippen molar-refractivity contribution in [2.24, 2.45) is 5.92 Å². The number of carbonyl (C=O) groups is 2. The van der Waals surface area contributed by atoms with Gasteiger partial charge in [-0.2, -0.15) is 0 Å². The van der Waals surface area contributed by atoms with Crippen LogP contribution in [0.5, 0.6) is 0 Å². The third-order valence-corrected chi connectivity index (χ3v) is 4.70. The fourth-order valence-corrected chi connectivity index (χ4v) is 3.31. The number of carboxylic acid groups (broad SMARTS) is 1. The van der Waals surface area contributed by atoms with Crippen molar-refractivity contribution in [2.75, 3.05) is 16.8 Å². The average molecular weight is 422 g/mol. The van der Waals surface area contributed by atoms with Crippen LogP contribution in [-0.2, 0) is 4.79 Å². The largest absolute Gasteiger partial charge is 0.478 e. The zero-order chi connectivity index (χ0) is 15.7. The van der Waals surface area contributed by atoms with Gasteiger partial charge in [-0.1, -0.05) is 15.9 Å². The van der Waals surface area contributed by atoms with E-state index in [1.807, 2.05) is 0 Å². The lowest BCUT2D eigenvalue weighted by Crippen LogP contribution is -2.26. The lowest BCUT2D eigenvalue weighted by molar-refractivity contribution is -0.384. The van der Waals surface area contributed by atoms with E-state index in [2.05, 4.69) is 31.9 Å². The monoisotopic (exact) mass is 420 g/mol. The van der Waals surface area contributed by atoms with E-state index in [0.717, 1.165) is 6.07 Å². The van der Waals surface area contributed by atoms with Crippen molar-refractivity contribution in [3.63, 3.8) is 0 Å². The van der Waals surface area contributed by atoms with Crippen molar-refractivity contribution in [3.05, 3.63) is 32.3 Å². The minimum absolute atomic E-state index is 0.0724. The summed E-state index contributed by atoms with van der Waals surface area (Å²) in [6, 6.07) is 2.23. The van der Waals surface area contributed by atoms with Gasteiger partial charge in [0.2, 0.25) is 5.91 Å². The molecule has 9 heteroatoms. The van der Waals surface area contributed by atoms with Gasteiger partial charge in [0.15, 0.2) is 0 Å². The van der Waals surface area contributed by atoms with E-state index < -0.39 is 16.6 Å². The normalized spacial score (nSPS) is 18.1. The summed E-state index contributed by atoms with van der Waals surface area (Å²) < 4.78 is 0.220. The predicted molar refractivity (Wildman–Crippen MR) is 82.0 cm³/mol. The van der Waals surface area contributed by atoms with Crippen molar-refractivity contribution in [1.29, 1.82) is 0 Å². The Morgan fingerprint density at radius 2 is 2.19 bits per heavy atom. The maximum atomic E-state index is 12.0. The zero-order valence-electron chi connectivity index (χ0n) is 10.6. The molecule has 1 atom stereocenters. The second-order valence-electron chi connectivity index (χ2n) is 4.62. The molecule has 1 N–H and O–H groups in total. The Bertz CT molecular complexity index is 634. The molecule has 112 valence electrons. The molecule has 1 saturated heterocycles. The first kappa shape index (κ1) is 15.9. The highest BCUT2D eigenvalue weighted by atomic mass is 79.9. The molecule has 2 rings (SSSR count). The Hall–Kier alpha value is -1.48. The molecule has 0 saturated carbocycles. The van der Waals surface area contributed by atoms with Crippen LogP contribution in [0.1, 0.15) is 16.8 Å². The number of nitro benzene ring substituents is 1. The van der Waals surface area contributed by atoms with Crippen LogP contribution < -0.4 is 4.90 Å². The summed E-state index contributed by atoms with van der Waals surface area (Å²) in [5.41, 5.74) is -0.496. The summed E-state index contributed by atoms with van der Waals surface area (Å²) in [6.07, 6.45) is 0.301. The highest BCUT2D eigenvalue weighted by molar-refractivity contribution is 9.10. The Kier molecular flexibility index (Phi) is 4.62. The van der Waals surface area contributed by atoms with Crippen molar-refractivity contribution in [2.45, 2.75) is 6.42 Å². The lowest BCUT2D eigenvalue weighted by Gasteiger charge is -2.18. The number of hydrogen-bond acceptors (Lipinski definition) is 4. The van der Waals surface area contributed by atoms with E-state index in [1.54, 1.807) is 0 Å². The van der Waals surface area contributed by atoms with Crippen LogP contribution >= 0.6 is 31.9 Å². The third-order valence-electron chi connectivity index (χ3n) is 3.18. The van der Waals surface area contributed by atoms with E-state index in [0.29, 0.717) is 18.3 Å². The minimum atomic E-state index is -1.27. The van der Waals surface area contributed by atoms with Gasteiger partial charge in [-0.3, -0.25) is 14.9 Å². The highest BCUT2D eigenvalue weighted by Crippen LogP contribution is 2.40. The molecular formula is C12H10Br2N2O5. The first-order chi connectivity index (χ1) is 9.85. The van der Waals surface area contributed by atoms with Gasteiger partial charge in [0.1, 0.15) is 5.69 Å². The fourth-order valence-electron chi connectivity index (χ4n) is 2.22. The number of rotatable bonds is 4. The van der Waals surface area contributed by atoms with Crippen molar-refractivity contribution in [3.8, 4) is 0 Å². The third kappa shape index (κ3) is 3.08. The summed E-state index contributed by atoms with van der Waals surface area (Å²) in [5.74, 6) is -1.41. The molecule has 1 heterocycles. The SMILES string of the molecule is O=C(O)c1cc(Br)c(N2CC(CBr)CC2=O)c([N+](=O)[O-])c1. The van der Waals surface area contributed by atoms with Crippen LogP contribution in [0.2, 0.25) is 0 Å². The van der Waals surface area contributed by atoms with E-state index in [4.69, 9.17) is 5.11 Å². The number of anilines is 1. The molecule has 1 amide bonds. The van der Waals surface area contributed by atoms with Crippen LogP contribution in [-0.4, -0.2) is 33.8 Å². The topological polar surface area (TPSA) is 101 Å². The summed E-state index contributed by atoms with van der Waals surface area (Å²) in [5, 5.41) is 20.8. The van der Waals surface area contributed by atoms with Crippen LogP contribution in [0.3, 0.4) is 0 Å². The van der Waals surface area contributed by atoms with Gasteiger partial charge in [-0.25, -0.2) is 4.79 Å². The molecule has 0 spiro atoms. The Morgan fingerprint density at radius 3 is 2.67 bits per heavy atom. The first-order valence-corrected chi connectivity index (χ1v) is 7.84. The van der Waals surface area contributed by atoms with Gasteiger partial charge in [0, 0.05) is 28.8 Å². The number of amides is 1. The van der Waals surface area contributed by atoms with Crippen LogP contribution in [0, 0.1) is 16.0 Å². The molecule has 0 aromatic heterocycles. The van der Waals surface area contributed by atoms with Gasteiger partial charge < -0.3 is 10.0 Å². The van der Waals surface area contributed by atoms with E-state index in [1.165, 1.54) is 11.0 Å². The molecule has 1 aliphatic heterocycles. The Morgan fingerprint density at radius 1 is 1.52 bits per heavy atom. The number of carboxylic acids is 1. The molecule has 1 aromatic carbocycles.